The number of halogens is 1. The summed E-state index contributed by atoms with van der Waals surface area (Å²) in [6, 6.07) is 10.3. The minimum Gasteiger partial charge on any atom is -0.249 e. The lowest BCUT2D eigenvalue weighted by Gasteiger charge is -2.03. The molecule has 78 valence electrons. The summed E-state index contributed by atoms with van der Waals surface area (Å²) in [5.41, 5.74) is 3.43. The topological polar surface area (TPSA) is 17.8 Å². The highest BCUT2D eigenvalue weighted by Crippen LogP contribution is 2.13. The van der Waals surface area contributed by atoms with Gasteiger partial charge >= 0.3 is 0 Å². The summed E-state index contributed by atoms with van der Waals surface area (Å²) in [5.74, 6) is 0. The average Bonchev–Trinajstić information content (AvgIpc) is 2.49. The highest BCUT2D eigenvalue weighted by molar-refractivity contribution is 6.29. The fraction of sp³-hybridized carbons (Fsp3) is 0.250. The molecule has 0 bridgehead atoms. The van der Waals surface area contributed by atoms with Crippen LogP contribution in [0.4, 0.5) is 0 Å². The number of nitrogens with zero attached hydrogens (tertiary/aromatic N) is 2. The number of benzene rings is 1. The maximum absolute atomic E-state index is 6.03. The molecule has 0 N–H and O–H groups in total. The minimum atomic E-state index is 0.688. The molecule has 0 aliphatic rings. The van der Waals surface area contributed by atoms with E-state index in [0.717, 1.165) is 12.2 Å². The Morgan fingerprint density at radius 3 is 2.40 bits per heavy atom. The predicted molar refractivity (Wildman–Crippen MR) is 62.3 cm³/mol. The smallest absolute Gasteiger partial charge is 0.127 e. The Morgan fingerprint density at radius 1 is 1.20 bits per heavy atom. The molecule has 1 heterocycles. The van der Waals surface area contributed by atoms with Crippen LogP contribution in [-0.2, 0) is 6.54 Å². The largest absolute Gasteiger partial charge is 0.249 e. The summed E-state index contributed by atoms with van der Waals surface area (Å²) in [6.07, 6.45) is 0. The van der Waals surface area contributed by atoms with E-state index in [1.807, 2.05) is 17.7 Å². The summed E-state index contributed by atoms with van der Waals surface area (Å²) < 4.78 is 1.81. The first-order valence-corrected chi connectivity index (χ1v) is 5.28. The van der Waals surface area contributed by atoms with Crippen molar-refractivity contribution < 1.29 is 0 Å². The molecule has 0 unspecified atom stereocenters. The number of aryl methyl sites for hydroxylation is 2. The molecular formula is C12H13ClN2. The number of aromatic nitrogens is 2. The van der Waals surface area contributed by atoms with Crippen LogP contribution in [-0.4, -0.2) is 9.78 Å². The van der Waals surface area contributed by atoms with E-state index in [-0.39, 0.29) is 0 Å². The summed E-state index contributed by atoms with van der Waals surface area (Å²) >= 11 is 6.03. The van der Waals surface area contributed by atoms with Crippen LogP contribution in [0.2, 0.25) is 5.15 Å². The van der Waals surface area contributed by atoms with Gasteiger partial charge in [-0.3, -0.25) is 0 Å². The Morgan fingerprint density at radius 2 is 1.87 bits per heavy atom. The van der Waals surface area contributed by atoms with Crippen molar-refractivity contribution in [2.75, 3.05) is 0 Å². The van der Waals surface area contributed by atoms with Crippen LogP contribution in [0.5, 0.6) is 0 Å². The third-order valence-corrected chi connectivity index (χ3v) is 2.61. The van der Waals surface area contributed by atoms with Gasteiger partial charge in [-0.1, -0.05) is 41.4 Å². The van der Waals surface area contributed by atoms with Gasteiger partial charge in [0.1, 0.15) is 5.15 Å². The molecule has 15 heavy (non-hydrogen) atoms. The zero-order valence-electron chi connectivity index (χ0n) is 8.87. The van der Waals surface area contributed by atoms with Crippen molar-refractivity contribution in [3.05, 3.63) is 52.3 Å². The van der Waals surface area contributed by atoms with Gasteiger partial charge in [-0.15, -0.1) is 0 Å². The third kappa shape index (κ3) is 2.39. The molecule has 0 saturated heterocycles. The molecule has 2 aromatic rings. The zero-order chi connectivity index (χ0) is 10.8. The molecule has 0 atom stereocenters. The summed E-state index contributed by atoms with van der Waals surface area (Å²) in [4.78, 5) is 0. The quantitative estimate of drug-likeness (QED) is 0.760. The van der Waals surface area contributed by atoms with Crippen LogP contribution in [0.3, 0.4) is 0 Å². The molecule has 3 heteroatoms. The van der Waals surface area contributed by atoms with Crippen molar-refractivity contribution in [1.29, 1.82) is 0 Å². The molecule has 0 saturated carbocycles. The molecule has 0 aliphatic carbocycles. The first-order chi connectivity index (χ1) is 7.15. The predicted octanol–water partition coefficient (Wildman–Crippen LogP) is 3.20. The maximum Gasteiger partial charge on any atom is 0.127 e. The summed E-state index contributed by atoms with van der Waals surface area (Å²) in [6.45, 7) is 4.75. The highest BCUT2D eigenvalue weighted by Gasteiger charge is 2.02. The van der Waals surface area contributed by atoms with Gasteiger partial charge in [0.2, 0.25) is 0 Å². The second-order valence-corrected chi connectivity index (χ2v) is 4.14. The van der Waals surface area contributed by atoms with Crippen molar-refractivity contribution in [1.82, 2.24) is 9.78 Å². The number of hydrogen-bond donors (Lipinski definition) is 0. The first-order valence-electron chi connectivity index (χ1n) is 4.90. The normalized spacial score (nSPS) is 10.6. The van der Waals surface area contributed by atoms with Crippen LogP contribution in [0, 0.1) is 13.8 Å². The Bertz CT molecular complexity index is 457. The van der Waals surface area contributed by atoms with Gasteiger partial charge in [0.05, 0.1) is 12.2 Å². The van der Waals surface area contributed by atoms with Crippen LogP contribution >= 0.6 is 11.6 Å². The Balaban J connectivity index is 2.21. The van der Waals surface area contributed by atoms with E-state index in [4.69, 9.17) is 11.6 Å². The van der Waals surface area contributed by atoms with Crippen LogP contribution < -0.4 is 0 Å². The van der Waals surface area contributed by atoms with Crippen LogP contribution in [0.1, 0.15) is 16.8 Å². The molecule has 1 aromatic heterocycles. The Labute approximate surface area is 94.5 Å². The zero-order valence-corrected chi connectivity index (χ0v) is 9.62. The highest BCUT2D eigenvalue weighted by atomic mass is 35.5. The Hall–Kier alpha value is -1.28. The van der Waals surface area contributed by atoms with E-state index in [0.29, 0.717) is 5.15 Å². The second kappa shape index (κ2) is 4.07. The number of hydrogen-bond acceptors (Lipinski definition) is 1. The van der Waals surface area contributed by atoms with Crippen LogP contribution in [0.15, 0.2) is 30.3 Å². The summed E-state index contributed by atoms with van der Waals surface area (Å²) in [5, 5.41) is 5.00. The maximum atomic E-state index is 6.03. The van der Waals surface area contributed by atoms with E-state index < -0.39 is 0 Å². The monoisotopic (exact) mass is 220 g/mol. The summed E-state index contributed by atoms with van der Waals surface area (Å²) in [7, 11) is 0. The fourth-order valence-corrected chi connectivity index (χ4v) is 1.75. The van der Waals surface area contributed by atoms with Crippen molar-refractivity contribution in [2.24, 2.45) is 0 Å². The van der Waals surface area contributed by atoms with E-state index in [2.05, 4.69) is 36.3 Å². The van der Waals surface area contributed by atoms with Crippen molar-refractivity contribution in [2.45, 2.75) is 20.4 Å². The lowest BCUT2D eigenvalue weighted by Crippen LogP contribution is -2.01. The molecule has 0 aliphatic heterocycles. The van der Waals surface area contributed by atoms with Crippen molar-refractivity contribution in [3.8, 4) is 0 Å². The van der Waals surface area contributed by atoms with Crippen LogP contribution in [0.25, 0.3) is 0 Å². The molecule has 2 rings (SSSR count). The fourth-order valence-electron chi connectivity index (χ4n) is 1.49. The van der Waals surface area contributed by atoms with E-state index in [9.17, 15) is 0 Å². The standard InChI is InChI=1S/C12H13ClN2/c1-9-3-5-11(6-4-9)8-15-12(13)7-10(2)14-15/h3-7H,8H2,1-2H3. The molecule has 0 fully saturated rings. The molecular weight excluding hydrogens is 208 g/mol. The lowest BCUT2D eigenvalue weighted by molar-refractivity contribution is 0.680. The van der Waals surface area contributed by atoms with Crippen molar-refractivity contribution in [3.63, 3.8) is 0 Å². The SMILES string of the molecule is Cc1ccc(Cn2nc(C)cc2Cl)cc1. The molecule has 0 spiro atoms. The average molecular weight is 221 g/mol. The van der Waals surface area contributed by atoms with Gasteiger partial charge < -0.3 is 0 Å². The van der Waals surface area contributed by atoms with Gasteiger partial charge in [-0.25, -0.2) is 4.68 Å². The second-order valence-electron chi connectivity index (χ2n) is 3.75. The van der Waals surface area contributed by atoms with E-state index in [1.165, 1.54) is 11.1 Å². The van der Waals surface area contributed by atoms with Gasteiger partial charge in [0.25, 0.3) is 0 Å². The minimum absolute atomic E-state index is 0.688. The van der Waals surface area contributed by atoms with Gasteiger partial charge in [-0.2, -0.15) is 5.10 Å². The Kier molecular flexibility index (Phi) is 2.78. The first kappa shape index (κ1) is 10.2. The molecule has 1 aromatic carbocycles. The molecule has 2 nitrogen and oxygen atoms in total. The van der Waals surface area contributed by atoms with Gasteiger partial charge in [0, 0.05) is 0 Å². The van der Waals surface area contributed by atoms with E-state index in [1.54, 1.807) is 0 Å². The lowest BCUT2D eigenvalue weighted by atomic mass is 10.1. The third-order valence-electron chi connectivity index (χ3n) is 2.31. The van der Waals surface area contributed by atoms with Gasteiger partial charge in [-0.05, 0) is 25.5 Å². The van der Waals surface area contributed by atoms with Gasteiger partial charge in [0.15, 0.2) is 0 Å². The van der Waals surface area contributed by atoms with E-state index >= 15 is 0 Å². The molecule has 0 radical (unpaired) electrons. The molecule has 0 amide bonds. The van der Waals surface area contributed by atoms with Crippen molar-refractivity contribution >= 4 is 11.6 Å². The number of rotatable bonds is 2.